The molecule has 0 aromatic rings. The third-order valence-corrected chi connectivity index (χ3v) is 3.82. The lowest BCUT2D eigenvalue weighted by Gasteiger charge is -2.33. The molecule has 0 bridgehead atoms. The minimum Gasteiger partial charge on any atom is -0.453 e. The summed E-state index contributed by atoms with van der Waals surface area (Å²) in [5.74, 6) is -0.383. The van der Waals surface area contributed by atoms with Gasteiger partial charge in [-0.2, -0.15) is 5.26 Å². The monoisotopic (exact) mass is 352 g/mol. The summed E-state index contributed by atoms with van der Waals surface area (Å²) in [5, 5.41) is 11.9. The summed E-state index contributed by atoms with van der Waals surface area (Å²) in [7, 11) is 1.35. The molecular formula is C17H28N4O4. The average molecular weight is 352 g/mol. The zero-order chi connectivity index (χ0) is 18.5. The van der Waals surface area contributed by atoms with Crippen molar-refractivity contribution in [1.29, 1.82) is 5.26 Å². The Hall–Kier alpha value is -2.27. The van der Waals surface area contributed by atoms with E-state index < -0.39 is 0 Å². The molecule has 0 radical (unpaired) electrons. The number of methoxy groups -OCH3 is 1. The van der Waals surface area contributed by atoms with Crippen LogP contribution in [0, 0.1) is 11.3 Å². The van der Waals surface area contributed by atoms with Crippen LogP contribution in [0.2, 0.25) is 0 Å². The summed E-state index contributed by atoms with van der Waals surface area (Å²) in [4.78, 5) is 26.9. The van der Waals surface area contributed by atoms with E-state index in [4.69, 9.17) is 4.74 Å². The molecule has 0 unspecified atom stereocenters. The molecule has 2 amide bonds. The predicted molar refractivity (Wildman–Crippen MR) is 92.6 cm³/mol. The van der Waals surface area contributed by atoms with Gasteiger partial charge in [-0.25, -0.2) is 4.79 Å². The van der Waals surface area contributed by atoms with Crippen LogP contribution in [0.1, 0.15) is 26.2 Å². The van der Waals surface area contributed by atoms with Crippen molar-refractivity contribution in [1.82, 2.24) is 15.1 Å². The van der Waals surface area contributed by atoms with Crippen molar-refractivity contribution in [3.05, 3.63) is 11.8 Å². The summed E-state index contributed by atoms with van der Waals surface area (Å²) in [6.45, 7) is 6.02. The van der Waals surface area contributed by atoms with Gasteiger partial charge in [0.25, 0.3) is 5.91 Å². The van der Waals surface area contributed by atoms with Gasteiger partial charge in [-0.3, -0.25) is 4.79 Å². The molecule has 25 heavy (non-hydrogen) atoms. The number of hydrogen-bond donors (Lipinski definition) is 1. The molecule has 0 saturated carbocycles. The maximum atomic E-state index is 12.0. The molecule has 1 heterocycles. The molecule has 1 fully saturated rings. The van der Waals surface area contributed by atoms with Gasteiger partial charge < -0.3 is 24.6 Å². The van der Waals surface area contributed by atoms with Crippen LogP contribution in [-0.2, 0) is 14.3 Å². The first kappa shape index (κ1) is 20.8. The minimum atomic E-state index is -0.383. The topological polar surface area (TPSA) is 94.9 Å². The van der Waals surface area contributed by atoms with Crippen LogP contribution in [0.25, 0.3) is 0 Å². The second kappa shape index (κ2) is 12.1. The molecule has 140 valence electrons. The van der Waals surface area contributed by atoms with Gasteiger partial charge in [0.05, 0.1) is 7.11 Å². The van der Waals surface area contributed by atoms with E-state index in [0.29, 0.717) is 45.8 Å². The Bertz CT molecular complexity index is 493. The van der Waals surface area contributed by atoms with Gasteiger partial charge in [-0.05, 0) is 12.8 Å². The third kappa shape index (κ3) is 7.90. The summed E-state index contributed by atoms with van der Waals surface area (Å²) < 4.78 is 10.1. The van der Waals surface area contributed by atoms with E-state index in [1.165, 1.54) is 7.11 Å². The Labute approximate surface area is 149 Å². The Kier molecular flexibility index (Phi) is 10.1. The largest absolute Gasteiger partial charge is 0.453 e. The van der Waals surface area contributed by atoms with Crippen LogP contribution in [-0.4, -0.2) is 74.8 Å². The lowest BCUT2D eigenvalue weighted by atomic mass is 10.2. The Morgan fingerprint density at radius 2 is 1.88 bits per heavy atom. The number of unbranched alkanes of at least 4 members (excludes halogenated alkanes) is 1. The van der Waals surface area contributed by atoms with Crippen LogP contribution < -0.4 is 5.32 Å². The van der Waals surface area contributed by atoms with E-state index in [0.717, 1.165) is 19.4 Å². The van der Waals surface area contributed by atoms with E-state index in [9.17, 15) is 14.9 Å². The molecule has 1 rings (SSSR count). The van der Waals surface area contributed by atoms with E-state index in [1.54, 1.807) is 11.1 Å². The van der Waals surface area contributed by atoms with E-state index in [2.05, 4.69) is 17.0 Å². The predicted octanol–water partition coefficient (Wildman–Crippen LogP) is 1.10. The number of carbonyl (C=O) groups excluding carboxylic acids is 2. The highest BCUT2D eigenvalue weighted by atomic mass is 16.5. The molecule has 1 N–H and O–H groups in total. The average Bonchev–Trinajstić information content (AvgIpc) is 2.65. The highest BCUT2D eigenvalue weighted by Crippen LogP contribution is 2.06. The summed E-state index contributed by atoms with van der Waals surface area (Å²) in [6.07, 6.45) is 4.05. The van der Waals surface area contributed by atoms with E-state index >= 15 is 0 Å². The quantitative estimate of drug-likeness (QED) is 0.379. The van der Waals surface area contributed by atoms with Crippen molar-refractivity contribution in [3.8, 4) is 6.07 Å². The molecule has 8 nitrogen and oxygen atoms in total. The zero-order valence-corrected chi connectivity index (χ0v) is 15.1. The fourth-order valence-electron chi connectivity index (χ4n) is 2.30. The standard InChI is InChI=1S/C17H28N4O4/c1-3-4-11-25-12-5-6-19-16(22)15(13-18)14-20-7-9-21(10-8-20)17(23)24-2/h14H,3-12H2,1-2H3,(H,19,22)/b15-14-. The third-order valence-electron chi connectivity index (χ3n) is 3.82. The Morgan fingerprint density at radius 1 is 1.20 bits per heavy atom. The van der Waals surface area contributed by atoms with E-state index in [-0.39, 0.29) is 17.6 Å². The van der Waals surface area contributed by atoms with Crippen molar-refractivity contribution in [2.24, 2.45) is 0 Å². The highest BCUT2D eigenvalue weighted by Gasteiger charge is 2.21. The Morgan fingerprint density at radius 3 is 2.48 bits per heavy atom. The molecule has 0 aromatic heterocycles. The van der Waals surface area contributed by atoms with Crippen LogP contribution in [0.3, 0.4) is 0 Å². The van der Waals surface area contributed by atoms with Gasteiger partial charge in [0, 0.05) is 52.1 Å². The van der Waals surface area contributed by atoms with Gasteiger partial charge >= 0.3 is 6.09 Å². The summed E-state index contributed by atoms with van der Waals surface area (Å²) in [5.41, 5.74) is 0.0680. The van der Waals surface area contributed by atoms with Crippen molar-refractivity contribution in [3.63, 3.8) is 0 Å². The van der Waals surface area contributed by atoms with Crippen molar-refractivity contribution in [2.45, 2.75) is 26.2 Å². The highest BCUT2D eigenvalue weighted by molar-refractivity contribution is 5.97. The molecule has 1 aliphatic rings. The summed E-state index contributed by atoms with van der Waals surface area (Å²) >= 11 is 0. The lowest BCUT2D eigenvalue weighted by molar-refractivity contribution is -0.117. The number of rotatable bonds is 9. The minimum absolute atomic E-state index is 0.0680. The summed E-state index contributed by atoms with van der Waals surface area (Å²) in [6, 6.07) is 1.93. The number of amides is 2. The lowest BCUT2D eigenvalue weighted by Crippen LogP contribution is -2.47. The Balaban J connectivity index is 2.32. The van der Waals surface area contributed by atoms with Crippen molar-refractivity contribution < 1.29 is 19.1 Å². The van der Waals surface area contributed by atoms with Crippen LogP contribution in [0.5, 0.6) is 0 Å². The fourth-order valence-corrected chi connectivity index (χ4v) is 2.30. The van der Waals surface area contributed by atoms with Crippen LogP contribution >= 0.6 is 0 Å². The maximum absolute atomic E-state index is 12.0. The number of nitrogens with zero attached hydrogens (tertiary/aromatic N) is 3. The van der Waals surface area contributed by atoms with Gasteiger partial charge in [0.15, 0.2) is 0 Å². The first-order valence-corrected chi connectivity index (χ1v) is 8.67. The van der Waals surface area contributed by atoms with Gasteiger partial charge in [0.2, 0.25) is 0 Å². The number of carbonyl (C=O) groups is 2. The van der Waals surface area contributed by atoms with Crippen LogP contribution in [0.4, 0.5) is 4.79 Å². The molecule has 1 aliphatic heterocycles. The number of piperazine rings is 1. The molecular weight excluding hydrogens is 324 g/mol. The molecule has 0 aromatic carbocycles. The number of nitriles is 1. The first-order chi connectivity index (χ1) is 12.1. The molecule has 0 atom stereocenters. The SMILES string of the molecule is CCCCOCCCNC(=O)/C(C#N)=C\N1CCN(C(=O)OC)CC1. The van der Waals surface area contributed by atoms with Crippen molar-refractivity contribution >= 4 is 12.0 Å². The normalized spacial score (nSPS) is 14.8. The second-order valence-corrected chi connectivity index (χ2v) is 5.72. The van der Waals surface area contributed by atoms with Crippen LogP contribution in [0.15, 0.2) is 11.8 Å². The smallest absolute Gasteiger partial charge is 0.409 e. The molecule has 0 spiro atoms. The van der Waals surface area contributed by atoms with Gasteiger partial charge in [0.1, 0.15) is 11.6 Å². The zero-order valence-electron chi connectivity index (χ0n) is 15.1. The molecule has 8 heteroatoms. The molecule has 0 aliphatic carbocycles. The number of ether oxygens (including phenoxy) is 2. The van der Waals surface area contributed by atoms with E-state index in [1.807, 2.05) is 11.0 Å². The van der Waals surface area contributed by atoms with Gasteiger partial charge in [-0.15, -0.1) is 0 Å². The molecule has 1 saturated heterocycles. The van der Waals surface area contributed by atoms with Crippen molar-refractivity contribution in [2.75, 3.05) is 53.0 Å². The number of nitrogens with one attached hydrogen (secondary N) is 1. The van der Waals surface area contributed by atoms with Gasteiger partial charge in [-0.1, -0.05) is 13.3 Å². The second-order valence-electron chi connectivity index (χ2n) is 5.72. The first-order valence-electron chi connectivity index (χ1n) is 8.67. The number of hydrogen-bond acceptors (Lipinski definition) is 6. The maximum Gasteiger partial charge on any atom is 0.409 e. The fraction of sp³-hybridized carbons (Fsp3) is 0.706.